The number of rotatable bonds is 4. The summed E-state index contributed by atoms with van der Waals surface area (Å²) in [6.07, 6.45) is 1.10. The molecule has 0 amide bonds. The van der Waals surface area contributed by atoms with Crippen LogP contribution in [0.25, 0.3) is 0 Å². The predicted octanol–water partition coefficient (Wildman–Crippen LogP) is 5.55. The van der Waals surface area contributed by atoms with Gasteiger partial charge in [0.25, 0.3) is 0 Å². The zero-order valence-corrected chi connectivity index (χ0v) is 17.2. The summed E-state index contributed by atoms with van der Waals surface area (Å²) in [5.41, 5.74) is 5.64. The van der Waals surface area contributed by atoms with Gasteiger partial charge in [0.1, 0.15) is 12.3 Å². The maximum absolute atomic E-state index is 12.8. The molecule has 0 saturated carbocycles. The van der Waals surface area contributed by atoms with Gasteiger partial charge >= 0.3 is 5.97 Å². The van der Waals surface area contributed by atoms with E-state index < -0.39 is 5.97 Å². The van der Waals surface area contributed by atoms with Gasteiger partial charge in [0.15, 0.2) is 5.78 Å². The molecule has 148 valence electrons. The minimum Gasteiger partial charge on any atom is -0.456 e. The Bertz CT molecular complexity index is 1060. The summed E-state index contributed by atoms with van der Waals surface area (Å²) in [7, 11) is 0. The number of halogens is 1. The third-order valence-corrected chi connectivity index (χ3v) is 5.78. The minimum atomic E-state index is -0.437. The normalized spacial score (nSPS) is 15.8. The number of Topliss-reactive ketones (excluding diaryl/α,β-unsaturated/α-hetero) is 1. The van der Waals surface area contributed by atoms with Crippen molar-refractivity contribution < 1.29 is 14.3 Å². The van der Waals surface area contributed by atoms with Crippen LogP contribution in [0, 0.1) is 13.8 Å². The molecule has 1 N–H and O–H groups in total. The summed E-state index contributed by atoms with van der Waals surface area (Å²) < 4.78 is 5.48. The molecule has 0 spiro atoms. The van der Waals surface area contributed by atoms with Crippen LogP contribution < -0.4 is 0 Å². The second-order valence-corrected chi connectivity index (χ2v) is 8.06. The average molecular weight is 408 g/mol. The van der Waals surface area contributed by atoms with E-state index >= 15 is 0 Å². The lowest BCUT2D eigenvalue weighted by Crippen LogP contribution is -2.18. The minimum absolute atomic E-state index is 0.0533. The number of carbonyl (C=O) groups excluding carboxylic acids is 2. The van der Waals surface area contributed by atoms with Gasteiger partial charge in [-0.05, 0) is 55.0 Å². The van der Waals surface area contributed by atoms with E-state index in [1.807, 2.05) is 55.5 Å². The molecule has 0 saturated heterocycles. The van der Waals surface area contributed by atoms with Gasteiger partial charge in [-0.2, -0.15) is 0 Å². The number of aryl methyl sites for hydroxylation is 1. The summed E-state index contributed by atoms with van der Waals surface area (Å²) in [6.45, 7) is 4.01. The Morgan fingerprint density at radius 2 is 1.76 bits per heavy atom. The third-order valence-electron chi connectivity index (χ3n) is 5.52. The molecule has 0 radical (unpaired) electrons. The number of esters is 1. The first-order chi connectivity index (χ1) is 13.9. The van der Waals surface area contributed by atoms with Crippen LogP contribution in [0.1, 0.15) is 61.1 Å². The fourth-order valence-electron chi connectivity index (χ4n) is 3.91. The van der Waals surface area contributed by atoms with Crippen molar-refractivity contribution in [3.8, 4) is 0 Å². The molecule has 3 aromatic rings. The second kappa shape index (κ2) is 7.88. The molecule has 29 heavy (non-hydrogen) atoms. The molecule has 1 aliphatic rings. The first-order valence-corrected chi connectivity index (χ1v) is 10.0. The number of ketones is 1. The van der Waals surface area contributed by atoms with Crippen molar-refractivity contribution in [2.24, 2.45) is 0 Å². The topological polar surface area (TPSA) is 59.2 Å². The van der Waals surface area contributed by atoms with Crippen LogP contribution in [-0.2, 0) is 17.8 Å². The van der Waals surface area contributed by atoms with Crippen LogP contribution >= 0.6 is 11.6 Å². The van der Waals surface area contributed by atoms with E-state index in [-0.39, 0.29) is 18.3 Å². The maximum atomic E-state index is 12.8. The van der Waals surface area contributed by atoms with E-state index in [1.54, 1.807) is 6.92 Å². The number of nitrogens with one attached hydrogen (secondary N) is 1. The Morgan fingerprint density at radius 1 is 1.07 bits per heavy atom. The van der Waals surface area contributed by atoms with E-state index in [0.717, 1.165) is 22.4 Å². The Balaban J connectivity index is 1.53. The van der Waals surface area contributed by atoms with Gasteiger partial charge < -0.3 is 9.72 Å². The van der Waals surface area contributed by atoms with Gasteiger partial charge in [-0.15, -0.1) is 0 Å². The largest absolute Gasteiger partial charge is 0.456 e. The summed E-state index contributed by atoms with van der Waals surface area (Å²) in [5.74, 6) is -0.312. The second-order valence-electron chi connectivity index (χ2n) is 7.62. The van der Waals surface area contributed by atoms with Crippen LogP contribution in [0.4, 0.5) is 0 Å². The molecule has 0 bridgehead atoms. The van der Waals surface area contributed by atoms with Gasteiger partial charge in [-0.25, -0.2) is 4.79 Å². The molecule has 2 aromatic carbocycles. The zero-order chi connectivity index (χ0) is 20.5. The molecule has 1 heterocycles. The number of ether oxygens (including phenoxy) is 1. The molecule has 0 aliphatic heterocycles. The van der Waals surface area contributed by atoms with Crippen molar-refractivity contribution in [1.82, 2.24) is 4.98 Å². The highest BCUT2D eigenvalue weighted by atomic mass is 35.5. The Kier molecular flexibility index (Phi) is 5.29. The molecule has 5 heteroatoms. The van der Waals surface area contributed by atoms with Crippen molar-refractivity contribution >= 4 is 23.4 Å². The van der Waals surface area contributed by atoms with Gasteiger partial charge in [0, 0.05) is 22.7 Å². The number of benzene rings is 2. The average Bonchev–Trinajstić information content (AvgIpc) is 3.05. The monoisotopic (exact) mass is 407 g/mol. The van der Waals surface area contributed by atoms with Gasteiger partial charge in [-0.3, -0.25) is 4.79 Å². The summed E-state index contributed by atoms with van der Waals surface area (Å²) in [5, 5.41) is 0.672. The van der Waals surface area contributed by atoms with Crippen LogP contribution in [0.5, 0.6) is 0 Å². The summed E-state index contributed by atoms with van der Waals surface area (Å²) in [6, 6.07) is 15.4. The maximum Gasteiger partial charge on any atom is 0.355 e. The number of H-pyrrole nitrogens is 1. The Labute approximate surface area is 174 Å². The van der Waals surface area contributed by atoms with E-state index in [9.17, 15) is 9.59 Å². The lowest BCUT2D eigenvalue weighted by atomic mass is 9.81. The van der Waals surface area contributed by atoms with Gasteiger partial charge in [-0.1, -0.05) is 53.6 Å². The molecule has 0 fully saturated rings. The van der Waals surface area contributed by atoms with Crippen LogP contribution in [0.2, 0.25) is 5.02 Å². The zero-order valence-electron chi connectivity index (χ0n) is 16.4. The highest BCUT2D eigenvalue weighted by molar-refractivity contribution is 6.30. The van der Waals surface area contributed by atoms with Crippen LogP contribution in [0.15, 0.2) is 48.5 Å². The van der Waals surface area contributed by atoms with Crippen molar-refractivity contribution in [3.05, 3.63) is 92.8 Å². The lowest BCUT2D eigenvalue weighted by Gasteiger charge is -2.22. The molecular weight excluding hydrogens is 386 g/mol. The molecule has 1 atom stereocenters. The third kappa shape index (κ3) is 3.99. The van der Waals surface area contributed by atoms with Crippen LogP contribution in [-0.4, -0.2) is 16.7 Å². The first kappa shape index (κ1) is 19.5. The molecule has 1 aromatic heterocycles. The van der Waals surface area contributed by atoms with Gasteiger partial charge in [0.05, 0.1) is 0 Å². The fourth-order valence-corrected chi connectivity index (χ4v) is 4.04. The molecule has 4 rings (SSSR count). The van der Waals surface area contributed by atoms with E-state index in [1.165, 1.54) is 0 Å². The summed E-state index contributed by atoms with van der Waals surface area (Å²) in [4.78, 5) is 28.6. The van der Waals surface area contributed by atoms with Crippen molar-refractivity contribution in [2.75, 3.05) is 0 Å². The number of hydrogen-bond acceptors (Lipinski definition) is 3. The number of carbonyl (C=O) groups is 2. The Morgan fingerprint density at radius 3 is 2.45 bits per heavy atom. The smallest absolute Gasteiger partial charge is 0.355 e. The Hall–Kier alpha value is -2.85. The number of fused-ring (bicyclic) bond motifs is 1. The SMILES string of the molecule is Cc1ccc(COC(=O)c2[nH]c3c(c2C)C(=O)C[C@@H](c2ccc(Cl)cc2)C3)cc1. The van der Waals surface area contributed by atoms with Crippen molar-refractivity contribution in [3.63, 3.8) is 0 Å². The van der Waals surface area contributed by atoms with E-state index in [4.69, 9.17) is 16.3 Å². The van der Waals surface area contributed by atoms with Crippen LogP contribution in [0.3, 0.4) is 0 Å². The highest BCUT2D eigenvalue weighted by Crippen LogP contribution is 2.35. The highest BCUT2D eigenvalue weighted by Gasteiger charge is 2.32. The first-order valence-electron chi connectivity index (χ1n) is 9.65. The molecule has 4 nitrogen and oxygen atoms in total. The fraction of sp³-hybridized carbons (Fsp3) is 0.250. The summed E-state index contributed by atoms with van der Waals surface area (Å²) >= 11 is 5.98. The molecular formula is C24H22ClNO3. The number of hydrogen-bond donors (Lipinski definition) is 1. The quantitative estimate of drug-likeness (QED) is 0.576. The molecule has 0 unspecified atom stereocenters. The number of aromatic nitrogens is 1. The number of aromatic amines is 1. The molecule has 1 aliphatic carbocycles. The van der Waals surface area contributed by atoms with Crippen molar-refractivity contribution in [1.29, 1.82) is 0 Å². The van der Waals surface area contributed by atoms with Crippen molar-refractivity contribution in [2.45, 2.75) is 39.2 Å². The van der Waals surface area contributed by atoms with Gasteiger partial charge in [0.2, 0.25) is 0 Å². The van der Waals surface area contributed by atoms with E-state index in [2.05, 4.69) is 4.98 Å². The van der Waals surface area contributed by atoms with E-state index in [0.29, 0.717) is 34.7 Å². The predicted molar refractivity (Wildman–Crippen MR) is 113 cm³/mol. The standard InChI is InChI=1S/C24H22ClNO3/c1-14-3-5-16(6-4-14)13-29-24(28)23-15(2)22-20(26-23)11-18(12-21(22)27)17-7-9-19(25)10-8-17/h3-10,18,26H,11-13H2,1-2H3/t18-/m0/s1. The lowest BCUT2D eigenvalue weighted by molar-refractivity contribution is 0.0465.